The van der Waals surface area contributed by atoms with Gasteiger partial charge in [0.25, 0.3) is 0 Å². The molecule has 1 aliphatic heterocycles. The molecule has 1 aliphatic carbocycles. The normalized spacial score (nSPS) is 40.9. The zero-order valence-electron chi connectivity index (χ0n) is 7.24. The smallest absolute Gasteiger partial charge is 0.0121 e. The molecule has 2 aliphatic rings. The van der Waals surface area contributed by atoms with Gasteiger partial charge in [0.05, 0.1) is 0 Å². The van der Waals surface area contributed by atoms with Crippen molar-refractivity contribution in [3.05, 3.63) is 18.4 Å². The Morgan fingerprint density at radius 1 is 1.33 bits per heavy atom. The Morgan fingerprint density at radius 2 is 1.92 bits per heavy atom. The number of allylic oxidation sites excluding steroid dienone is 1. The molecule has 2 heteroatoms. The lowest BCUT2D eigenvalue weighted by Crippen LogP contribution is -2.35. The summed E-state index contributed by atoms with van der Waals surface area (Å²) in [7, 11) is 0. The Labute approximate surface area is 79.7 Å². The monoisotopic (exact) mass is 181 g/mol. The van der Waals surface area contributed by atoms with E-state index in [0.717, 1.165) is 30.8 Å². The lowest BCUT2D eigenvalue weighted by Gasteiger charge is -2.32. The number of hydrogen-bond donors (Lipinski definition) is 1. The first kappa shape index (κ1) is 8.43. The number of hydrogen-bond acceptors (Lipinski definition) is 2. The van der Waals surface area contributed by atoms with Crippen molar-refractivity contribution in [3.8, 4) is 0 Å². The van der Waals surface area contributed by atoms with Crippen LogP contribution >= 0.6 is 12.8 Å². The molecule has 0 aromatic carbocycles. The largest absolute Gasteiger partial charge is 0.253 e. The first-order valence-corrected chi connectivity index (χ1v) is 5.01. The average Bonchev–Trinajstić information content (AvgIpc) is 2.32. The second-order valence-corrected chi connectivity index (χ2v) is 4.48. The Balaban J connectivity index is 2.13. The van der Waals surface area contributed by atoms with Gasteiger partial charge in [-0.05, 0) is 36.7 Å². The molecule has 12 heavy (non-hydrogen) atoms. The summed E-state index contributed by atoms with van der Waals surface area (Å²) in [6, 6.07) is 0. The summed E-state index contributed by atoms with van der Waals surface area (Å²) in [4.78, 5) is 0. The topological polar surface area (TPSA) is 3.24 Å². The zero-order chi connectivity index (χ0) is 8.55. The number of rotatable bonds is 1. The third-order valence-electron chi connectivity index (χ3n) is 3.20. The highest BCUT2D eigenvalue weighted by Crippen LogP contribution is 2.42. The predicted octanol–water partition coefficient (Wildman–Crippen LogP) is 2.13. The quantitative estimate of drug-likeness (QED) is 0.479. The highest BCUT2D eigenvalue weighted by molar-refractivity contribution is 7.77. The molecular formula is C10H15NS. The molecule has 0 aromatic heterocycles. The van der Waals surface area contributed by atoms with Gasteiger partial charge in [0.2, 0.25) is 0 Å². The Bertz CT molecular complexity index is 206. The van der Waals surface area contributed by atoms with Crippen molar-refractivity contribution in [2.75, 3.05) is 13.1 Å². The van der Waals surface area contributed by atoms with E-state index < -0.39 is 0 Å². The van der Waals surface area contributed by atoms with Crippen molar-refractivity contribution in [3.63, 3.8) is 0 Å². The molecule has 1 nitrogen and oxygen atoms in total. The molecule has 2 bridgehead atoms. The Hall–Kier alpha value is -0.170. The van der Waals surface area contributed by atoms with Gasteiger partial charge in [-0.2, -0.15) is 0 Å². The van der Waals surface area contributed by atoms with Crippen molar-refractivity contribution >= 4 is 12.8 Å². The van der Waals surface area contributed by atoms with Crippen LogP contribution in [0.4, 0.5) is 0 Å². The molecule has 1 saturated heterocycles. The standard InChI is InChI=1S/C10H15NS/c1-2-3-10-8-4-5-9(10)7-11(12)6-8/h3,8-10,12H,1,4-7H2. The molecule has 0 radical (unpaired) electrons. The van der Waals surface area contributed by atoms with Crippen LogP contribution in [0.25, 0.3) is 0 Å². The molecule has 2 atom stereocenters. The van der Waals surface area contributed by atoms with Crippen LogP contribution in [0.3, 0.4) is 0 Å². The minimum absolute atomic E-state index is 0.742. The second-order valence-electron chi connectivity index (χ2n) is 3.92. The van der Waals surface area contributed by atoms with E-state index in [1.54, 1.807) is 0 Å². The molecule has 0 amide bonds. The summed E-state index contributed by atoms with van der Waals surface area (Å²) >= 11 is 4.41. The minimum atomic E-state index is 0.742. The molecular weight excluding hydrogens is 166 g/mol. The van der Waals surface area contributed by atoms with Gasteiger partial charge in [-0.3, -0.25) is 4.31 Å². The van der Waals surface area contributed by atoms with Crippen LogP contribution in [-0.2, 0) is 0 Å². The summed E-state index contributed by atoms with van der Waals surface area (Å²) < 4.78 is 2.16. The van der Waals surface area contributed by atoms with E-state index in [1.165, 1.54) is 12.8 Å². The van der Waals surface area contributed by atoms with Crippen molar-refractivity contribution in [1.29, 1.82) is 0 Å². The second kappa shape index (κ2) is 3.29. The van der Waals surface area contributed by atoms with E-state index in [9.17, 15) is 0 Å². The molecule has 1 heterocycles. The summed E-state index contributed by atoms with van der Waals surface area (Å²) in [5.74, 6) is 2.37. The Kier molecular flexibility index (Phi) is 2.31. The summed E-state index contributed by atoms with van der Waals surface area (Å²) in [6.45, 7) is 5.94. The van der Waals surface area contributed by atoms with Crippen molar-refractivity contribution < 1.29 is 0 Å². The van der Waals surface area contributed by atoms with Gasteiger partial charge in [0.15, 0.2) is 0 Å². The minimum Gasteiger partial charge on any atom is -0.253 e. The van der Waals surface area contributed by atoms with Crippen molar-refractivity contribution in [2.45, 2.75) is 12.8 Å². The maximum Gasteiger partial charge on any atom is 0.0121 e. The first-order valence-electron chi connectivity index (χ1n) is 4.61. The fourth-order valence-electron chi connectivity index (χ4n) is 2.65. The van der Waals surface area contributed by atoms with Crippen LogP contribution in [0.5, 0.6) is 0 Å². The van der Waals surface area contributed by atoms with Gasteiger partial charge in [0.1, 0.15) is 0 Å². The van der Waals surface area contributed by atoms with Crippen LogP contribution in [0, 0.1) is 17.8 Å². The maximum absolute atomic E-state index is 4.41. The molecule has 0 N–H and O–H groups in total. The Morgan fingerprint density at radius 3 is 2.42 bits per heavy atom. The molecule has 2 rings (SSSR count). The van der Waals surface area contributed by atoms with Crippen LogP contribution in [0.1, 0.15) is 12.8 Å². The van der Waals surface area contributed by atoms with Crippen LogP contribution in [0.15, 0.2) is 18.4 Å². The highest BCUT2D eigenvalue weighted by Gasteiger charge is 2.39. The molecule has 0 spiro atoms. The van der Waals surface area contributed by atoms with Gasteiger partial charge in [-0.1, -0.05) is 19.4 Å². The molecule has 1 saturated carbocycles. The predicted molar refractivity (Wildman–Crippen MR) is 54.0 cm³/mol. The van der Waals surface area contributed by atoms with Gasteiger partial charge in [-0.15, -0.1) is 5.73 Å². The SMILES string of the molecule is C=C=CC1C2CCC1CN(S)C2. The number of fused-ring (bicyclic) bond motifs is 2. The molecule has 2 unspecified atom stereocenters. The maximum atomic E-state index is 4.41. The van der Waals surface area contributed by atoms with E-state index >= 15 is 0 Å². The third kappa shape index (κ3) is 1.35. The fourth-order valence-corrected chi connectivity index (χ4v) is 3.07. The van der Waals surface area contributed by atoms with E-state index in [1.807, 2.05) is 0 Å². The summed E-state index contributed by atoms with van der Waals surface area (Å²) in [5.41, 5.74) is 2.93. The molecule has 66 valence electrons. The van der Waals surface area contributed by atoms with Gasteiger partial charge >= 0.3 is 0 Å². The first-order chi connectivity index (χ1) is 5.81. The van der Waals surface area contributed by atoms with Crippen LogP contribution in [-0.4, -0.2) is 17.4 Å². The van der Waals surface area contributed by atoms with Crippen LogP contribution in [0.2, 0.25) is 0 Å². The fraction of sp³-hybridized carbons (Fsp3) is 0.700. The van der Waals surface area contributed by atoms with Crippen LogP contribution < -0.4 is 0 Å². The number of piperidine rings is 1. The lowest BCUT2D eigenvalue weighted by atomic mass is 9.86. The highest BCUT2D eigenvalue weighted by atomic mass is 32.1. The van der Waals surface area contributed by atoms with E-state index in [4.69, 9.17) is 0 Å². The van der Waals surface area contributed by atoms with E-state index in [2.05, 4.69) is 35.5 Å². The van der Waals surface area contributed by atoms with Gasteiger partial charge in [-0.25, -0.2) is 0 Å². The summed E-state index contributed by atoms with van der Waals surface area (Å²) in [5, 5.41) is 0. The number of nitrogens with zero attached hydrogens (tertiary/aromatic N) is 1. The number of thiol groups is 1. The summed E-state index contributed by atoms with van der Waals surface area (Å²) in [6.07, 6.45) is 4.90. The molecule has 0 aromatic rings. The average molecular weight is 181 g/mol. The van der Waals surface area contributed by atoms with E-state index in [0.29, 0.717) is 0 Å². The molecule has 2 fully saturated rings. The van der Waals surface area contributed by atoms with Crippen molar-refractivity contribution in [1.82, 2.24) is 4.31 Å². The third-order valence-corrected chi connectivity index (χ3v) is 3.52. The van der Waals surface area contributed by atoms with Gasteiger partial charge < -0.3 is 0 Å². The van der Waals surface area contributed by atoms with Crippen molar-refractivity contribution in [2.24, 2.45) is 17.8 Å². The van der Waals surface area contributed by atoms with E-state index in [-0.39, 0.29) is 0 Å². The zero-order valence-corrected chi connectivity index (χ0v) is 8.13. The lowest BCUT2D eigenvalue weighted by molar-refractivity contribution is 0.224. The van der Waals surface area contributed by atoms with Gasteiger partial charge in [0, 0.05) is 13.1 Å².